The topological polar surface area (TPSA) is 33.7 Å². The van der Waals surface area contributed by atoms with E-state index in [1.54, 1.807) is 0 Å². The van der Waals surface area contributed by atoms with Gasteiger partial charge < -0.3 is 14.8 Å². The van der Waals surface area contributed by atoms with Gasteiger partial charge in [-0.2, -0.15) is 0 Å². The fourth-order valence-corrected chi connectivity index (χ4v) is 2.14. The molecule has 0 spiro atoms. The first kappa shape index (κ1) is 14.3. The summed E-state index contributed by atoms with van der Waals surface area (Å²) >= 11 is 0. The third-order valence-electron chi connectivity index (χ3n) is 3.22. The van der Waals surface area contributed by atoms with Crippen LogP contribution in [-0.2, 0) is 4.74 Å². The fourth-order valence-electron chi connectivity index (χ4n) is 2.14. The van der Waals surface area contributed by atoms with Crippen molar-refractivity contribution < 1.29 is 9.47 Å². The Morgan fingerprint density at radius 1 is 1.11 bits per heavy atom. The number of rotatable bonds is 8. The molecule has 1 heterocycles. The zero-order valence-electron chi connectivity index (χ0n) is 11.5. The molecular weight excluding hydrogens is 240 g/mol. The highest BCUT2D eigenvalue weighted by Crippen LogP contribution is 2.07. The Hall–Kier alpha value is -1.10. The summed E-state index contributed by atoms with van der Waals surface area (Å²) in [7, 11) is 0. The summed E-state index contributed by atoms with van der Waals surface area (Å²) in [6.45, 7) is 7.77. The van der Waals surface area contributed by atoms with Crippen LogP contribution in [0.25, 0.3) is 0 Å². The van der Waals surface area contributed by atoms with Gasteiger partial charge in [0.05, 0.1) is 13.2 Å². The van der Waals surface area contributed by atoms with Gasteiger partial charge in [-0.25, -0.2) is 0 Å². The number of nitrogens with one attached hydrogen (secondary N) is 1. The molecule has 1 aromatic rings. The van der Waals surface area contributed by atoms with Gasteiger partial charge in [0, 0.05) is 19.6 Å². The van der Waals surface area contributed by atoms with Gasteiger partial charge in [0.25, 0.3) is 0 Å². The van der Waals surface area contributed by atoms with Crippen molar-refractivity contribution in [1.82, 2.24) is 10.2 Å². The zero-order valence-corrected chi connectivity index (χ0v) is 11.5. The summed E-state index contributed by atoms with van der Waals surface area (Å²) in [5.41, 5.74) is 0. The quantitative estimate of drug-likeness (QED) is 0.719. The third-order valence-corrected chi connectivity index (χ3v) is 3.22. The highest BCUT2D eigenvalue weighted by atomic mass is 16.5. The number of ether oxygens (including phenoxy) is 2. The molecule has 4 heteroatoms. The summed E-state index contributed by atoms with van der Waals surface area (Å²) in [5.74, 6) is 0.942. The Labute approximate surface area is 115 Å². The van der Waals surface area contributed by atoms with Crippen molar-refractivity contribution in [3.05, 3.63) is 30.3 Å². The Bertz CT molecular complexity index is 326. The van der Waals surface area contributed by atoms with E-state index in [1.165, 1.54) is 6.42 Å². The van der Waals surface area contributed by atoms with E-state index in [9.17, 15) is 0 Å². The van der Waals surface area contributed by atoms with Gasteiger partial charge >= 0.3 is 0 Å². The number of benzene rings is 1. The van der Waals surface area contributed by atoms with Crippen LogP contribution in [0.15, 0.2) is 30.3 Å². The lowest BCUT2D eigenvalue weighted by Gasteiger charge is -2.26. The average molecular weight is 264 g/mol. The molecule has 0 bridgehead atoms. The van der Waals surface area contributed by atoms with E-state index >= 15 is 0 Å². The lowest BCUT2D eigenvalue weighted by Crippen LogP contribution is -2.37. The van der Waals surface area contributed by atoms with Crippen molar-refractivity contribution >= 4 is 0 Å². The maximum absolute atomic E-state index is 5.61. The van der Waals surface area contributed by atoms with Crippen molar-refractivity contribution in [2.75, 3.05) is 52.5 Å². The minimum Gasteiger partial charge on any atom is -0.492 e. The first-order valence-corrected chi connectivity index (χ1v) is 7.14. The Kier molecular flexibility index (Phi) is 6.71. The SMILES string of the molecule is c1ccc(OCCNCCCN2CCOCC2)cc1. The molecule has 0 unspecified atom stereocenters. The fraction of sp³-hybridized carbons (Fsp3) is 0.600. The maximum Gasteiger partial charge on any atom is 0.119 e. The molecule has 0 aromatic heterocycles. The molecule has 1 fully saturated rings. The molecule has 2 rings (SSSR count). The smallest absolute Gasteiger partial charge is 0.119 e. The van der Waals surface area contributed by atoms with E-state index in [1.807, 2.05) is 30.3 Å². The standard InChI is InChI=1S/C15H24N2O2/c1-2-5-15(6-3-1)19-12-8-16-7-4-9-17-10-13-18-14-11-17/h1-3,5-6,16H,4,7-14H2. The van der Waals surface area contributed by atoms with Gasteiger partial charge in [-0.15, -0.1) is 0 Å². The summed E-state index contributed by atoms with van der Waals surface area (Å²) < 4.78 is 10.9. The number of para-hydroxylation sites is 1. The largest absolute Gasteiger partial charge is 0.492 e. The zero-order chi connectivity index (χ0) is 13.2. The van der Waals surface area contributed by atoms with E-state index in [0.717, 1.165) is 58.3 Å². The van der Waals surface area contributed by atoms with Gasteiger partial charge in [0.2, 0.25) is 0 Å². The van der Waals surface area contributed by atoms with E-state index in [-0.39, 0.29) is 0 Å². The predicted molar refractivity (Wildman–Crippen MR) is 76.7 cm³/mol. The van der Waals surface area contributed by atoms with Crippen LogP contribution in [0.4, 0.5) is 0 Å². The molecule has 1 aromatic carbocycles. The maximum atomic E-state index is 5.61. The second-order valence-corrected chi connectivity index (χ2v) is 4.72. The molecule has 1 aliphatic rings. The van der Waals surface area contributed by atoms with Crippen LogP contribution < -0.4 is 10.1 Å². The van der Waals surface area contributed by atoms with Crippen LogP contribution in [0.3, 0.4) is 0 Å². The van der Waals surface area contributed by atoms with Crippen molar-refractivity contribution in [2.24, 2.45) is 0 Å². The second kappa shape index (κ2) is 8.91. The molecule has 1 saturated heterocycles. The molecule has 0 aliphatic carbocycles. The van der Waals surface area contributed by atoms with Gasteiger partial charge in [-0.05, 0) is 31.6 Å². The lowest BCUT2D eigenvalue weighted by atomic mass is 10.3. The molecule has 0 atom stereocenters. The highest BCUT2D eigenvalue weighted by molar-refractivity contribution is 5.20. The van der Waals surface area contributed by atoms with Crippen molar-refractivity contribution in [1.29, 1.82) is 0 Å². The van der Waals surface area contributed by atoms with Gasteiger partial charge in [-0.3, -0.25) is 4.90 Å². The molecule has 1 N–H and O–H groups in total. The molecular formula is C15H24N2O2. The van der Waals surface area contributed by atoms with Crippen LogP contribution in [0.1, 0.15) is 6.42 Å². The minimum atomic E-state index is 0.724. The van der Waals surface area contributed by atoms with Gasteiger partial charge in [0.15, 0.2) is 0 Å². The van der Waals surface area contributed by atoms with Crippen LogP contribution in [0.2, 0.25) is 0 Å². The monoisotopic (exact) mass is 264 g/mol. The summed E-state index contributed by atoms with van der Waals surface area (Å²) in [6.07, 6.45) is 1.19. The van der Waals surface area contributed by atoms with Gasteiger partial charge in [-0.1, -0.05) is 18.2 Å². The van der Waals surface area contributed by atoms with Crippen molar-refractivity contribution in [3.63, 3.8) is 0 Å². The normalized spacial score (nSPS) is 16.4. The number of morpholine rings is 1. The van der Waals surface area contributed by atoms with E-state index in [2.05, 4.69) is 10.2 Å². The van der Waals surface area contributed by atoms with Crippen molar-refractivity contribution in [2.45, 2.75) is 6.42 Å². The molecule has 0 saturated carbocycles. The second-order valence-electron chi connectivity index (χ2n) is 4.72. The third kappa shape index (κ3) is 6.05. The molecule has 4 nitrogen and oxygen atoms in total. The molecule has 0 radical (unpaired) electrons. The molecule has 106 valence electrons. The van der Waals surface area contributed by atoms with Crippen LogP contribution in [0, 0.1) is 0 Å². The predicted octanol–water partition coefficient (Wildman–Crippen LogP) is 1.38. The number of nitrogens with zero attached hydrogens (tertiary/aromatic N) is 1. The van der Waals surface area contributed by atoms with E-state index in [0.29, 0.717) is 0 Å². The number of hydrogen-bond donors (Lipinski definition) is 1. The van der Waals surface area contributed by atoms with Crippen molar-refractivity contribution in [3.8, 4) is 5.75 Å². The lowest BCUT2D eigenvalue weighted by molar-refractivity contribution is 0.0374. The van der Waals surface area contributed by atoms with Crippen LogP contribution in [-0.4, -0.2) is 57.4 Å². The number of hydrogen-bond acceptors (Lipinski definition) is 4. The Morgan fingerprint density at radius 2 is 1.89 bits per heavy atom. The van der Waals surface area contributed by atoms with E-state index < -0.39 is 0 Å². The highest BCUT2D eigenvalue weighted by Gasteiger charge is 2.08. The van der Waals surface area contributed by atoms with Crippen LogP contribution in [0.5, 0.6) is 5.75 Å². The summed E-state index contributed by atoms with van der Waals surface area (Å²) in [4.78, 5) is 2.46. The minimum absolute atomic E-state index is 0.724. The van der Waals surface area contributed by atoms with Crippen LogP contribution >= 0.6 is 0 Å². The van der Waals surface area contributed by atoms with E-state index in [4.69, 9.17) is 9.47 Å². The summed E-state index contributed by atoms with van der Waals surface area (Å²) in [5, 5.41) is 3.41. The Balaban J connectivity index is 1.42. The average Bonchev–Trinajstić information content (AvgIpc) is 2.48. The molecule has 1 aliphatic heterocycles. The van der Waals surface area contributed by atoms with Gasteiger partial charge in [0.1, 0.15) is 12.4 Å². The Morgan fingerprint density at radius 3 is 2.68 bits per heavy atom. The molecule has 0 amide bonds. The first-order valence-electron chi connectivity index (χ1n) is 7.14. The molecule has 19 heavy (non-hydrogen) atoms. The first-order chi connectivity index (χ1) is 9.45. The summed E-state index contributed by atoms with van der Waals surface area (Å²) in [6, 6.07) is 9.95.